The van der Waals surface area contributed by atoms with Crippen molar-refractivity contribution in [1.29, 1.82) is 0 Å². The zero-order valence-corrected chi connectivity index (χ0v) is 12.0. The monoisotopic (exact) mass is 280 g/mol. The Morgan fingerprint density at radius 1 is 1.55 bits per heavy atom. The zero-order valence-electron chi connectivity index (χ0n) is 12.0. The van der Waals surface area contributed by atoms with Crippen molar-refractivity contribution >= 4 is 5.69 Å². The Morgan fingerprint density at radius 2 is 2.25 bits per heavy atom. The maximum atomic E-state index is 10.9. The predicted molar refractivity (Wildman–Crippen MR) is 75.3 cm³/mol. The number of nitro groups is 1. The van der Waals surface area contributed by atoms with Gasteiger partial charge in [-0.2, -0.15) is 5.10 Å². The number of aromatic nitrogens is 2. The lowest BCUT2D eigenvalue weighted by molar-refractivity contribution is -0.386. The highest BCUT2D eigenvalue weighted by Crippen LogP contribution is 2.21. The summed E-state index contributed by atoms with van der Waals surface area (Å²) in [4.78, 5) is 10.4. The summed E-state index contributed by atoms with van der Waals surface area (Å²) in [6.07, 6.45) is 0.0800. The molecule has 0 saturated heterocycles. The van der Waals surface area contributed by atoms with Crippen LogP contribution in [0.5, 0.6) is 0 Å². The van der Waals surface area contributed by atoms with Gasteiger partial charge in [-0.1, -0.05) is 0 Å². The lowest BCUT2D eigenvalue weighted by Crippen LogP contribution is -2.31. The first-order valence-electron chi connectivity index (χ1n) is 6.44. The van der Waals surface area contributed by atoms with Gasteiger partial charge in [0.2, 0.25) is 0 Å². The summed E-state index contributed by atoms with van der Waals surface area (Å²) < 4.78 is 1.48. The number of nitrogens with zero attached hydrogens (tertiary/aromatic N) is 3. The molecule has 1 heterocycles. The van der Waals surface area contributed by atoms with Crippen molar-refractivity contribution in [2.75, 3.05) is 13.1 Å². The molecule has 0 aliphatic heterocycles. The first-order chi connectivity index (χ1) is 9.47. The number of aliphatic hydroxyl groups is 1. The largest absolute Gasteiger partial charge is 0.390 e. The molecule has 0 bridgehead atoms. The lowest BCUT2D eigenvalue weighted by Gasteiger charge is -2.12. The maximum Gasteiger partial charge on any atom is 0.312 e. The fraction of sp³-hybridized carbons (Fsp3) is 0.615. The molecule has 20 heavy (non-hydrogen) atoms. The van der Waals surface area contributed by atoms with Crippen LogP contribution in [0.25, 0.3) is 0 Å². The Balaban J connectivity index is 2.53. The molecule has 1 rings (SSSR count). The summed E-state index contributed by atoms with van der Waals surface area (Å²) in [5, 5.41) is 27.9. The molecule has 1 atom stereocenters. The van der Waals surface area contributed by atoms with E-state index in [0.717, 1.165) is 6.42 Å². The van der Waals surface area contributed by atoms with Crippen LogP contribution in [0.4, 0.5) is 5.69 Å². The van der Waals surface area contributed by atoms with Gasteiger partial charge in [0, 0.05) is 19.5 Å². The van der Waals surface area contributed by atoms with Gasteiger partial charge >= 0.3 is 5.69 Å². The van der Waals surface area contributed by atoms with Gasteiger partial charge in [-0.05, 0) is 20.8 Å². The average molecular weight is 280 g/mol. The van der Waals surface area contributed by atoms with E-state index in [1.807, 2.05) is 0 Å². The van der Waals surface area contributed by atoms with Crippen molar-refractivity contribution in [2.24, 2.45) is 0 Å². The first-order valence-corrected chi connectivity index (χ1v) is 6.44. The van der Waals surface area contributed by atoms with Crippen LogP contribution in [-0.2, 0) is 6.54 Å². The number of nitrogens with one attached hydrogen (secondary N) is 1. The van der Waals surface area contributed by atoms with E-state index < -0.39 is 11.0 Å². The van der Waals surface area contributed by atoms with Gasteiger partial charge in [0.05, 0.1) is 17.6 Å². The molecular formula is C13H20N4O3. The summed E-state index contributed by atoms with van der Waals surface area (Å²) in [5.74, 6) is 5.71. The number of hydrogen-bond donors (Lipinski definition) is 2. The minimum atomic E-state index is -0.651. The second kappa shape index (κ2) is 7.62. The van der Waals surface area contributed by atoms with E-state index in [4.69, 9.17) is 0 Å². The summed E-state index contributed by atoms with van der Waals surface area (Å²) in [6, 6.07) is 0. The molecular weight excluding hydrogens is 260 g/mol. The zero-order chi connectivity index (χ0) is 15.1. The van der Waals surface area contributed by atoms with Crippen molar-refractivity contribution < 1.29 is 10.0 Å². The molecule has 0 amide bonds. The Labute approximate surface area is 118 Å². The minimum absolute atomic E-state index is 0.0170. The quantitative estimate of drug-likeness (QED) is 0.333. The van der Waals surface area contributed by atoms with E-state index in [2.05, 4.69) is 22.3 Å². The minimum Gasteiger partial charge on any atom is -0.390 e. The molecule has 2 N–H and O–H groups in total. The average Bonchev–Trinajstić information content (AvgIpc) is 2.64. The number of aryl methyl sites for hydroxylation is 1. The van der Waals surface area contributed by atoms with Crippen LogP contribution in [0.2, 0.25) is 0 Å². The second-order valence-corrected chi connectivity index (χ2v) is 4.49. The third-order valence-corrected chi connectivity index (χ3v) is 2.89. The van der Waals surface area contributed by atoms with Gasteiger partial charge in [0.15, 0.2) is 0 Å². The van der Waals surface area contributed by atoms with E-state index in [0.29, 0.717) is 24.5 Å². The van der Waals surface area contributed by atoms with E-state index in [9.17, 15) is 15.2 Å². The highest BCUT2D eigenvalue weighted by atomic mass is 16.6. The van der Waals surface area contributed by atoms with Gasteiger partial charge in [-0.25, -0.2) is 0 Å². The van der Waals surface area contributed by atoms with E-state index in [1.165, 1.54) is 4.68 Å². The van der Waals surface area contributed by atoms with Crippen molar-refractivity contribution in [1.82, 2.24) is 15.1 Å². The van der Waals surface area contributed by atoms with E-state index >= 15 is 0 Å². The van der Waals surface area contributed by atoms with Crippen LogP contribution in [0.1, 0.15) is 24.7 Å². The smallest absolute Gasteiger partial charge is 0.312 e. The number of rotatable bonds is 7. The van der Waals surface area contributed by atoms with Crippen LogP contribution in [-0.4, -0.2) is 39.0 Å². The van der Waals surface area contributed by atoms with E-state index in [1.54, 1.807) is 20.8 Å². The van der Waals surface area contributed by atoms with Gasteiger partial charge in [0.1, 0.15) is 11.4 Å². The first kappa shape index (κ1) is 16.1. The van der Waals surface area contributed by atoms with Crippen molar-refractivity contribution in [3.8, 4) is 11.8 Å². The third kappa shape index (κ3) is 4.33. The fourth-order valence-corrected chi connectivity index (χ4v) is 1.94. The van der Waals surface area contributed by atoms with E-state index in [-0.39, 0.29) is 12.2 Å². The molecule has 1 unspecified atom stereocenters. The number of aliphatic hydroxyl groups excluding tert-OH is 1. The van der Waals surface area contributed by atoms with Gasteiger partial charge in [-0.15, -0.1) is 11.8 Å². The summed E-state index contributed by atoms with van der Waals surface area (Å²) in [6.45, 7) is 6.34. The third-order valence-electron chi connectivity index (χ3n) is 2.89. The molecule has 0 spiro atoms. The molecule has 0 fully saturated rings. The highest BCUT2D eigenvalue weighted by Gasteiger charge is 2.22. The molecule has 0 aliphatic rings. The van der Waals surface area contributed by atoms with Gasteiger partial charge in [-0.3, -0.25) is 14.8 Å². The van der Waals surface area contributed by atoms with Crippen LogP contribution < -0.4 is 5.32 Å². The van der Waals surface area contributed by atoms with Crippen molar-refractivity contribution in [3.05, 3.63) is 21.5 Å². The summed E-state index contributed by atoms with van der Waals surface area (Å²) in [7, 11) is 0. The molecule has 1 aromatic heterocycles. The molecule has 1 aromatic rings. The summed E-state index contributed by atoms with van der Waals surface area (Å²) >= 11 is 0. The van der Waals surface area contributed by atoms with Crippen LogP contribution >= 0.6 is 0 Å². The van der Waals surface area contributed by atoms with Crippen molar-refractivity contribution in [2.45, 2.75) is 39.8 Å². The molecule has 110 valence electrons. The van der Waals surface area contributed by atoms with Gasteiger partial charge in [0.25, 0.3) is 0 Å². The molecule has 0 saturated carbocycles. The van der Waals surface area contributed by atoms with Crippen LogP contribution in [0, 0.1) is 35.8 Å². The molecule has 0 aromatic carbocycles. The van der Waals surface area contributed by atoms with Crippen LogP contribution in [0.15, 0.2) is 0 Å². The number of hydrogen-bond acceptors (Lipinski definition) is 5. The summed E-state index contributed by atoms with van der Waals surface area (Å²) in [5.41, 5.74) is 0.845. The van der Waals surface area contributed by atoms with Crippen LogP contribution in [0.3, 0.4) is 0 Å². The molecule has 0 radical (unpaired) electrons. The SMILES string of the molecule is CC#CCCNCC(O)Cn1nc(C)c([N+](=O)[O-])c1C. The molecule has 7 heteroatoms. The fourth-order valence-electron chi connectivity index (χ4n) is 1.94. The lowest BCUT2D eigenvalue weighted by atomic mass is 10.3. The standard InChI is InChI=1S/C13H20N4O3/c1-4-5-6-7-14-8-12(18)9-16-11(3)13(17(19)20)10(2)15-16/h12,14,18H,6-9H2,1-3H3. The Kier molecular flexibility index (Phi) is 6.15. The topological polar surface area (TPSA) is 93.2 Å². The Bertz CT molecular complexity index is 528. The predicted octanol–water partition coefficient (Wildman–Crippen LogP) is 0.772. The normalized spacial score (nSPS) is 11.8. The molecule has 7 nitrogen and oxygen atoms in total. The second-order valence-electron chi connectivity index (χ2n) is 4.49. The van der Waals surface area contributed by atoms with Gasteiger partial charge < -0.3 is 10.4 Å². The Morgan fingerprint density at radius 3 is 2.80 bits per heavy atom. The molecule has 0 aliphatic carbocycles. The Hall–Kier alpha value is -1.91. The van der Waals surface area contributed by atoms with Crippen molar-refractivity contribution in [3.63, 3.8) is 0 Å². The highest BCUT2D eigenvalue weighted by molar-refractivity contribution is 5.39. The maximum absolute atomic E-state index is 10.9.